The van der Waals surface area contributed by atoms with Crippen LogP contribution in [0.2, 0.25) is 5.28 Å². The average molecular weight is 582 g/mol. The first-order valence-corrected chi connectivity index (χ1v) is 14.6. The van der Waals surface area contributed by atoms with Crippen molar-refractivity contribution in [3.05, 3.63) is 47.3 Å². The molecule has 2 aromatic heterocycles. The van der Waals surface area contributed by atoms with E-state index in [9.17, 15) is 28.6 Å². The Kier molecular flexibility index (Phi) is 8.03. The van der Waals surface area contributed by atoms with Gasteiger partial charge in [-0.3, -0.25) is 13.7 Å². The first kappa shape index (κ1) is 28.0. The van der Waals surface area contributed by atoms with Crippen molar-refractivity contribution in [3.8, 4) is 0 Å². The summed E-state index contributed by atoms with van der Waals surface area (Å²) >= 11 is 6.09. The predicted molar refractivity (Wildman–Crippen MR) is 127 cm³/mol. The van der Waals surface area contributed by atoms with Gasteiger partial charge in [0.2, 0.25) is 5.28 Å². The van der Waals surface area contributed by atoms with Crippen molar-refractivity contribution in [2.75, 3.05) is 17.8 Å². The SMILES string of the molecule is C[C@H](Nc1nc(Cl)nc2c1ncn2[C@@H]1O[C@H](COP(=O)(O)CP(=O)(O)O)[C@@H](O)[C@H]1O)c1ccccc1F. The zero-order chi connectivity index (χ0) is 27.1. The fourth-order valence-electron chi connectivity index (χ4n) is 3.85. The lowest BCUT2D eigenvalue weighted by Crippen LogP contribution is -2.33. The Balaban J connectivity index is 1.56. The van der Waals surface area contributed by atoms with Gasteiger partial charge in [0.15, 0.2) is 29.1 Å². The molecule has 1 fully saturated rings. The second-order valence-electron chi connectivity index (χ2n) is 8.34. The molecular weight excluding hydrogens is 559 g/mol. The molecule has 1 aliphatic rings. The highest BCUT2D eigenvalue weighted by Crippen LogP contribution is 2.55. The molecule has 0 radical (unpaired) electrons. The lowest BCUT2D eigenvalue weighted by Gasteiger charge is -2.18. The van der Waals surface area contributed by atoms with Crippen molar-refractivity contribution in [1.29, 1.82) is 0 Å². The molecule has 0 saturated carbocycles. The highest BCUT2D eigenvalue weighted by atomic mass is 35.5. The van der Waals surface area contributed by atoms with Gasteiger partial charge in [-0.25, -0.2) is 9.37 Å². The van der Waals surface area contributed by atoms with Crippen LogP contribution in [0.4, 0.5) is 10.2 Å². The van der Waals surface area contributed by atoms with Crippen molar-refractivity contribution in [1.82, 2.24) is 19.5 Å². The number of imidazole rings is 1. The number of rotatable bonds is 9. The first-order chi connectivity index (χ1) is 17.3. The molecule has 0 aliphatic carbocycles. The molecule has 202 valence electrons. The summed E-state index contributed by atoms with van der Waals surface area (Å²) in [5.74, 6) is -1.68. The van der Waals surface area contributed by atoms with Gasteiger partial charge in [0.25, 0.3) is 0 Å². The smallest absolute Gasteiger partial charge is 0.340 e. The van der Waals surface area contributed by atoms with E-state index in [-0.39, 0.29) is 22.3 Å². The fraction of sp³-hybridized carbons (Fsp3) is 0.421. The van der Waals surface area contributed by atoms with Crippen molar-refractivity contribution < 1.29 is 47.7 Å². The summed E-state index contributed by atoms with van der Waals surface area (Å²) in [6.07, 6.45) is -4.58. The predicted octanol–water partition coefficient (Wildman–Crippen LogP) is 1.75. The van der Waals surface area contributed by atoms with Crippen LogP contribution in [-0.4, -0.2) is 75.2 Å². The number of halogens is 2. The van der Waals surface area contributed by atoms with Gasteiger partial charge in [0.1, 0.15) is 24.1 Å². The van der Waals surface area contributed by atoms with E-state index in [0.29, 0.717) is 5.56 Å². The lowest BCUT2D eigenvalue weighted by atomic mass is 10.1. The van der Waals surface area contributed by atoms with Gasteiger partial charge in [0, 0.05) is 5.56 Å². The maximum atomic E-state index is 14.2. The summed E-state index contributed by atoms with van der Waals surface area (Å²) in [5.41, 5.74) is 0.653. The van der Waals surface area contributed by atoms with E-state index >= 15 is 0 Å². The molecule has 14 nitrogen and oxygen atoms in total. The number of hydrogen-bond donors (Lipinski definition) is 6. The number of aliphatic hydroxyl groups excluding tert-OH is 2. The molecule has 3 aromatic rings. The van der Waals surface area contributed by atoms with E-state index in [0.717, 1.165) is 0 Å². The summed E-state index contributed by atoms with van der Waals surface area (Å²) in [6.45, 7) is 0.951. The molecule has 6 N–H and O–H groups in total. The van der Waals surface area contributed by atoms with Gasteiger partial charge < -0.3 is 39.5 Å². The first-order valence-electron chi connectivity index (χ1n) is 10.7. The summed E-state index contributed by atoms with van der Waals surface area (Å²) in [4.78, 5) is 39.9. The molecule has 37 heavy (non-hydrogen) atoms. The maximum absolute atomic E-state index is 14.2. The minimum atomic E-state index is -4.85. The topological polar surface area (TPSA) is 209 Å². The van der Waals surface area contributed by atoms with Gasteiger partial charge >= 0.3 is 15.2 Å². The van der Waals surface area contributed by atoms with E-state index in [4.69, 9.17) is 30.6 Å². The van der Waals surface area contributed by atoms with Gasteiger partial charge in [0.05, 0.1) is 19.0 Å². The highest BCUT2D eigenvalue weighted by Gasteiger charge is 2.45. The molecule has 0 amide bonds. The normalized spacial score (nSPS) is 24.8. The molecule has 6 atom stereocenters. The molecule has 1 unspecified atom stereocenters. The molecule has 1 aliphatic heterocycles. The van der Waals surface area contributed by atoms with Crippen LogP contribution in [0.15, 0.2) is 30.6 Å². The van der Waals surface area contributed by atoms with Crippen LogP contribution in [0.25, 0.3) is 11.2 Å². The van der Waals surface area contributed by atoms with Crippen LogP contribution >= 0.6 is 26.8 Å². The van der Waals surface area contributed by atoms with Gasteiger partial charge in [-0.2, -0.15) is 9.97 Å². The molecule has 18 heteroatoms. The van der Waals surface area contributed by atoms with Crippen molar-refractivity contribution in [2.24, 2.45) is 0 Å². The Hall–Kier alpha value is -2.03. The zero-order valence-corrected chi connectivity index (χ0v) is 21.5. The van der Waals surface area contributed by atoms with Crippen LogP contribution in [-0.2, 0) is 18.4 Å². The Morgan fingerprint density at radius 3 is 2.59 bits per heavy atom. The second-order valence-corrected chi connectivity index (χ2v) is 12.7. The zero-order valence-electron chi connectivity index (χ0n) is 19.0. The third-order valence-electron chi connectivity index (χ3n) is 5.53. The van der Waals surface area contributed by atoms with Crippen molar-refractivity contribution >= 4 is 43.8 Å². The second kappa shape index (κ2) is 10.6. The van der Waals surface area contributed by atoms with Crippen LogP contribution in [0.3, 0.4) is 0 Å². The highest BCUT2D eigenvalue weighted by molar-refractivity contribution is 7.70. The van der Waals surface area contributed by atoms with E-state index < -0.39 is 64.1 Å². The third kappa shape index (κ3) is 6.35. The van der Waals surface area contributed by atoms with Crippen LogP contribution in [0, 0.1) is 5.82 Å². The summed E-state index contributed by atoms with van der Waals surface area (Å²) in [5, 5.41) is 23.8. The Bertz CT molecular complexity index is 1390. The van der Waals surface area contributed by atoms with Gasteiger partial charge in [-0.15, -0.1) is 0 Å². The summed E-state index contributed by atoms with van der Waals surface area (Å²) in [7, 11) is -9.57. The standard InChI is InChI=1S/C19H23ClFN5O9P2/c1-9(10-4-2-3-5-11(10)21)23-16-13-17(25-19(20)24-16)26(7-22-13)18-15(28)14(27)12(35-18)6-34-37(32,33)8-36(29,30)31/h2-5,7,9,12,14-15,18,27-28H,6,8H2,1H3,(H,32,33)(H,23,24,25)(H2,29,30,31)/t9-,12+,14+,15+,18+/m0/s1. The maximum Gasteiger partial charge on any atom is 0.340 e. The number of hydrogen-bond acceptors (Lipinski definition) is 10. The Morgan fingerprint density at radius 2 is 1.92 bits per heavy atom. The molecule has 0 spiro atoms. The Morgan fingerprint density at radius 1 is 1.22 bits per heavy atom. The van der Waals surface area contributed by atoms with E-state index in [1.165, 1.54) is 17.0 Å². The number of fused-ring (bicyclic) bond motifs is 1. The number of nitrogens with one attached hydrogen (secondary N) is 1. The van der Waals surface area contributed by atoms with Crippen LogP contribution < -0.4 is 5.32 Å². The van der Waals surface area contributed by atoms with Crippen molar-refractivity contribution in [3.63, 3.8) is 0 Å². The van der Waals surface area contributed by atoms with Crippen molar-refractivity contribution in [2.45, 2.75) is 37.5 Å². The molecule has 1 aromatic carbocycles. The lowest BCUT2D eigenvalue weighted by molar-refractivity contribution is -0.0483. The van der Waals surface area contributed by atoms with Gasteiger partial charge in [-0.1, -0.05) is 18.2 Å². The fourth-order valence-corrected chi connectivity index (χ4v) is 6.58. The quantitative estimate of drug-likeness (QED) is 0.157. The summed E-state index contributed by atoms with van der Waals surface area (Å²) < 4.78 is 48.7. The number of aliphatic hydroxyl groups is 2. The number of nitrogens with zero attached hydrogens (tertiary/aromatic N) is 4. The Labute approximate surface area is 213 Å². The van der Waals surface area contributed by atoms with Crippen LogP contribution in [0.1, 0.15) is 24.8 Å². The van der Waals surface area contributed by atoms with Crippen LogP contribution in [0.5, 0.6) is 0 Å². The number of ether oxygens (including phenoxy) is 1. The van der Waals surface area contributed by atoms with Gasteiger partial charge in [-0.05, 0) is 24.6 Å². The molecule has 4 rings (SSSR count). The number of aromatic nitrogens is 4. The molecular formula is C19H23ClFN5O9P2. The minimum Gasteiger partial charge on any atom is -0.387 e. The van der Waals surface area contributed by atoms with E-state index in [1.807, 2.05) is 0 Å². The minimum absolute atomic E-state index is 0.0929. The largest absolute Gasteiger partial charge is 0.387 e. The summed E-state index contributed by atoms with van der Waals surface area (Å²) in [6, 6.07) is 5.61. The third-order valence-corrected chi connectivity index (χ3v) is 9.16. The average Bonchev–Trinajstić information content (AvgIpc) is 3.32. The number of anilines is 1. The number of benzene rings is 1. The molecule has 1 saturated heterocycles. The molecule has 3 heterocycles. The van der Waals surface area contributed by atoms with E-state index in [2.05, 4.69) is 20.3 Å². The van der Waals surface area contributed by atoms with E-state index in [1.54, 1.807) is 25.1 Å². The monoisotopic (exact) mass is 581 g/mol. The molecule has 0 bridgehead atoms.